The molecular formula is C21H23FN4O4S. The van der Waals surface area contributed by atoms with Crippen molar-refractivity contribution in [3.8, 4) is 22.9 Å². The number of hydrogen-bond donors (Lipinski definition) is 1. The quantitative estimate of drug-likeness (QED) is 0.621. The minimum atomic E-state index is -3.94. The Kier molecular flexibility index (Phi) is 5.81. The van der Waals surface area contributed by atoms with E-state index < -0.39 is 15.8 Å². The second-order valence-corrected chi connectivity index (χ2v) is 8.90. The minimum Gasteiger partial charge on any atom is -0.493 e. The van der Waals surface area contributed by atoms with Crippen LogP contribution in [-0.2, 0) is 23.0 Å². The molecule has 8 nitrogen and oxygen atoms in total. The summed E-state index contributed by atoms with van der Waals surface area (Å²) in [5, 5.41) is 8.38. The predicted molar refractivity (Wildman–Crippen MR) is 113 cm³/mol. The van der Waals surface area contributed by atoms with Gasteiger partial charge in [0.2, 0.25) is 0 Å². The summed E-state index contributed by atoms with van der Waals surface area (Å²) in [5.41, 5.74) is 0.422. The average Bonchev–Trinajstić information content (AvgIpc) is 3.01. The maximum absolute atomic E-state index is 14.7. The van der Waals surface area contributed by atoms with Gasteiger partial charge in [-0.15, -0.1) is 10.2 Å². The summed E-state index contributed by atoms with van der Waals surface area (Å²) in [4.78, 5) is -0.00707. The lowest BCUT2D eigenvalue weighted by Gasteiger charge is -2.13. The van der Waals surface area contributed by atoms with Crippen molar-refractivity contribution in [3.63, 3.8) is 0 Å². The van der Waals surface area contributed by atoms with Gasteiger partial charge >= 0.3 is 0 Å². The number of hydrogen-bond acceptors (Lipinski definition) is 6. The van der Waals surface area contributed by atoms with E-state index in [-0.39, 0.29) is 21.9 Å². The van der Waals surface area contributed by atoms with E-state index in [0.29, 0.717) is 18.1 Å². The van der Waals surface area contributed by atoms with Gasteiger partial charge in [0.05, 0.1) is 24.7 Å². The van der Waals surface area contributed by atoms with Crippen LogP contribution in [0.1, 0.15) is 25.1 Å². The third-order valence-corrected chi connectivity index (χ3v) is 6.61. The van der Waals surface area contributed by atoms with Crippen LogP contribution in [0.5, 0.6) is 11.5 Å². The molecule has 1 aromatic heterocycles. The lowest BCUT2D eigenvalue weighted by atomic mass is 10.1. The summed E-state index contributed by atoms with van der Waals surface area (Å²) < 4.78 is 55.2. The summed E-state index contributed by atoms with van der Waals surface area (Å²) in [6.45, 7) is 0.707. The highest BCUT2D eigenvalue weighted by molar-refractivity contribution is 7.92. The van der Waals surface area contributed by atoms with Crippen molar-refractivity contribution < 1.29 is 22.3 Å². The molecule has 2 aromatic carbocycles. The molecule has 164 valence electrons. The molecular weight excluding hydrogens is 423 g/mol. The zero-order valence-corrected chi connectivity index (χ0v) is 18.1. The van der Waals surface area contributed by atoms with Crippen LogP contribution in [0.4, 0.5) is 10.1 Å². The number of halogens is 1. The highest BCUT2D eigenvalue weighted by Crippen LogP contribution is 2.31. The molecule has 3 aromatic rings. The number of anilines is 1. The van der Waals surface area contributed by atoms with Gasteiger partial charge in [-0.3, -0.25) is 4.72 Å². The first-order valence-corrected chi connectivity index (χ1v) is 11.4. The van der Waals surface area contributed by atoms with E-state index in [4.69, 9.17) is 9.47 Å². The van der Waals surface area contributed by atoms with Crippen molar-refractivity contribution in [1.82, 2.24) is 14.8 Å². The van der Waals surface area contributed by atoms with Gasteiger partial charge in [-0.05, 0) is 43.2 Å². The first kappa shape index (κ1) is 21.1. The number of sulfonamides is 1. The summed E-state index contributed by atoms with van der Waals surface area (Å²) in [5.74, 6) is 1.44. The summed E-state index contributed by atoms with van der Waals surface area (Å²) in [6.07, 6.45) is 3.85. The van der Waals surface area contributed by atoms with Crippen LogP contribution in [0.25, 0.3) is 11.4 Å². The van der Waals surface area contributed by atoms with Gasteiger partial charge < -0.3 is 14.0 Å². The van der Waals surface area contributed by atoms with Crippen LogP contribution < -0.4 is 14.2 Å². The molecule has 0 fully saturated rings. The smallest absolute Gasteiger partial charge is 0.262 e. The maximum Gasteiger partial charge on any atom is 0.262 e. The van der Waals surface area contributed by atoms with Crippen molar-refractivity contribution >= 4 is 15.7 Å². The fraction of sp³-hybridized carbons (Fsp3) is 0.333. The molecule has 0 saturated heterocycles. The van der Waals surface area contributed by atoms with Crippen LogP contribution in [-0.4, -0.2) is 37.4 Å². The molecule has 1 aliphatic heterocycles. The van der Waals surface area contributed by atoms with Gasteiger partial charge in [0, 0.05) is 24.7 Å². The zero-order chi connectivity index (χ0) is 22.0. The molecule has 0 atom stereocenters. The maximum atomic E-state index is 14.7. The fourth-order valence-electron chi connectivity index (χ4n) is 3.64. The van der Waals surface area contributed by atoms with Crippen molar-refractivity contribution in [3.05, 3.63) is 48.0 Å². The first-order chi connectivity index (χ1) is 14.9. The second-order valence-electron chi connectivity index (χ2n) is 7.22. The third-order valence-electron chi connectivity index (χ3n) is 5.23. The Hall–Kier alpha value is -3.14. The van der Waals surface area contributed by atoms with E-state index in [9.17, 15) is 12.8 Å². The molecule has 0 bridgehead atoms. The number of rotatable bonds is 6. The van der Waals surface area contributed by atoms with Gasteiger partial charge in [-0.25, -0.2) is 12.8 Å². The van der Waals surface area contributed by atoms with Gasteiger partial charge in [0.1, 0.15) is 11.6 Å². The predicted octanol–water partition coefficient (Wildman–Crippen LogP) is 3.63. The number of aryl methyl sites for hydroxylation is 1. The number of methoxy groups -OCH3 is 2. The Morgan fingerprint density at radius 1 is 1.00 bits per heavy atom. The van der Waals surface area contributed by atoms with Gasteiger partial charge in [-0.2, -0.15) is 0 Å². The average molecular weight is 447 g/mol. The van der Waals surface area contributed by atoms with Gasteiger partial charge in [-0.1, -0.05) is 6.42 Å². The van der Waals surface area contributed by atoms with E-state index >= 15 is 0 Å². The standard InChI is InChI=1S/C21H23FN4O4S/c1-29-18-10-8-15(13-19(18)30-2)31(27,28)25-14-7-9-17(22)16(12-14)21-24-23-20-6-4-3-5-11-26(20)21/h7-10,12-13,25H,3-6,11H2,1-2H3. The fourth-order valence-corrected chi connectivity index (χ4v) is 4.71. The van der Waals surface area contributed by atoms with Crippen LogP contribution in [0.2, 0.25) is 0 Å². The van der Waals surface area contributed by atoms with E-state index in [2.05, 4.69) is 14.9 Å². The lowest BCUT2D eigenvalue weighted by molar-refractivity contribution is 0.354. The Labute approximate surface area is 180 Å². The number of nitrogens with zero attached hydrogens (tertiary/aromatic N) is 3. The van der Waals surface area contributed by atoms with Gasteiger partial charge in [0.25, 0.3) is 10.0 Å². The van der Waals surface area contributed by atoms with E-state index in [0.717, 1.165) is 31.5 Å². The summed E-state index contributed by atoms with van der Waals surface area (Å²) >= 11 is 0. The SMILES string of the molecule is COc1ccc(S(=O)(=O)Nc2ccc(F)c(-c3nnc4n3CCCCC4)c2)cc1OC. The molecule has 1 N–H and O–H groups in total. The minimum absolute atomic E-state index is 0.00707. The molecule has 4 rings (SSSR count). The number of ether oxygens (including phenoxy) is 2. The number of fused-ring (bicyclic) bond motifs is 1. The molecule has 0 unspecified atom stereocenters. The number of benzene rings is 2. The molecule has 0 radical (unpaired) electrons. The van der Waals surface area contributed by atoms with E-state index in [1.807, 2.05) is 4.57 Å². The first-order valence-electron chi connectivity index (χ1n) is 9.90. The van der Waals surface area contributed by atoms with Crippen molar-refractivity contribution in [1.29, 1.82) is 0 Å². The Bertz CT molecular complexity index is 1210. The molecule has 0 saturated carbocycles. The van der Waals surface area contributed by atoms with Gasteiger partial charge in [0.15, 0.2) is 17.3 Å². The normalized spacial score (nSPS) is 13.9. The molecule has 0 spiro atoms. The molecule has 1 aliphatic rings. The molecule has 31 heavy (non-hydrogen) atoms. The zero-order valence-electron chi connectivity index (χ0n) is 17.3. The second kappa shape index (κ2) is 8.54. The molecule has 0 amide bonds. The largest absolute Gasteiger partial charge is 0.493 e. The van der Waals surface area contributed by atoms with E-state index in [1.54, 1.807) is 0 Å². The lowest BCUT2D eigenvalue weighted by Crippen LogP contribution is -2.13. The Morgan fingerprint density at radius 2 is 1.81 bits per heavy atom. The summed E-state index contributed by atoms with van der Waals surface area (Å²) in [7, 11) is -1.05. The topological polar surface area (TPSA) is 95.3 Å². The number of aromatic nitrogens is 3. The Morgan fingerprint density at radius 3 is 2.58 bits per heavy atom. The van der Waals surface area contributed by atoms with Crippen LogP contribution in [0.3, 0.4) is 0 Å². The summed E-state index contributed by atoms with van der Waals surface area (Å²) in [6, 6.07) is 8.32. The van der Waals surface area contributed by atoms with Crippen molar-refractivity contribution in [2.75, 3.05) is 18.9 Å². The molecule has 0 aliphatic carbocycles. The van der Waals surface area contributed by atoms with Crippen LogP contribution in [0, 0.1) is 5.82 Å². The number of nitrogens with one attached hydrogen (secondary N) is 1. The van der Waals surface area contributed by atoms with E-state index in [1.165, 1.54) is 50.6 Å². The third kappa shape index (κ3) is 4.20. The van der Waals surface area contributed by atoms with Crippen LogP contribution in [0.15, 0.2) is 41.3 Å². The van der Waals surface area contributed by atoms with Crippen molar-refractivity contribution in [2.24, 2.45) is 0 Å². The molecule has 10 heteroatoms. The molecule has 2 heterocycles. The monoisotopic (exact) mass is 446 g/mol. The highest BCUT2D eigenvalue weighted by atomic mass is 32.2. The van der Waals surface area contributed by atoms with Crippen molar-refractivity contribution in [2.45, 2.75) is 37.1 Å². The highest BCUT2D eigenvalue weighted by Gasteiger charge is 2.21. The Balaban J connectivity index is 1.67. The van der Waals surface area contributed by atoms with Crippen LogP contribution >= 0.6 is 0 Å².